The van der Waals surface area contributed by atoms with Gasteiger partial charge in [-0.15, -0.1) is 0 Å². The zero-order valence-corrected chi connectivity index (χ0v) is 8.30. The fraction of sp³-hybridized carbons (Fsp3) is 0.182. The van der Waals surface area contributed by atoms with Gasteiger partial charge in [0.2, 0.25) is 5.89 Å². The van der Waals surface area contributed by atoms with Gasteiger partial charge in [0.05, 0.1) is 12.5 Å². The summed E-state index contributed by atoms with van der Waals surface area (Å²) in [4.78, 5) is 14.7. The maximum absolute atomic E-state index is 10.6. The minimum absolute atomic E-state index is 0.0845. The number of benzene rings is 1. The first-order valence-corrected chi connectivity index (χ1v) is 4.67. The number of nitrogens with zero attached hydrogens (tertiary/aromatic N) is 2. The summed E-state index contributed by atoms with van der Waals surface area (Å²) in [5, 5.41) is 17.2. The predicted molar refractivity (Wildman–Crippen MR) is 54.7 cm³/mol. The van der Waals surface area contributed by atoms with E-state index in [0.29, 0.717) is 22.6 Å². The van der Waals surface area contributed by atoms with Crippen LogP contribution in [0.15, 0.2) is 22.6 Å². The van der Waals surface area contributed by atoms with Crippen LogP contribution >= 0.6 is 0 Å². The second-order valence-corrected chi connectivity index (χ2v) is 3.28. The zero-order valence-electron chi connectivity index (χ0n) is 8.30. The van der Waals surface area contributed by atoms with Crippen molar-refractivity contribution in [2.45, 2.75) is 12.8 Å². The number of para-hydroxylation sites is 1. The zero-order chi connectivity index (χ0) is 11.5. The summed E-state index contributed by atoms with van der Waals surface area (Å²) in [7, 11) is 0. The minimum atomic E-state index is -0.919. The van der Waals surface area contributed by atoms with Crippen molar-refractivity contribution in [1.82, 2.24) is 4.98 Å². The van der Waals surface area contributed by atoms with E-state index in [2.05, 4.69) is 4.98 Å². The summed E-state index contributed by atoms with van der Waals surface area (Å²) >= 11 is 0. The Labute approximate surface area is 90.9 Å². The third-order valence-electron chi connectivity index (χ3n) is 2.12. The van der Waals surface area contributed by atoms with E-state index in [1.165, 1.54) is 0 Å². The van der Waals surface area contributed by atoms with Crippen LogP contribution in [-0.2, 0) is 17.6 Å². The molecular weight excluding hydrogens is 208 g/mol. The van der Waals surface area contributed by atoms with Crippen molar-refractivity contribution in [3.05, 3.63) is 29.7 Å². The van der Waals surface area contributed by atoms with E-state index >= 15 is 0 Å². The summed E-state index contributed by atoms with van der Waals surface area (Å²) < 4.78 is 5.30. The highest BCUT2D eigenvalue weighted by Crippen LogP contribution is 2.20. The van der Waals surface area contributed by atoms with E-state index in [4.69, 9.17) is 14.8 Å². The summed E-state index contributed by atoms with van der Waals surface area (Å²) in [6.45, 7) is 0. The maximum atomic E-state index is 10.6. The van der Waals surface area contributed by atoms with Gasteiger partial charge in [0, 0.05) is 0 Å². The van der Waals surface area contributed by atoms with Crippen molar-refractivity contribution in [3.63, 3.8) is 0 Å². The number of carboxylic acids is 1. The molecule has 1 heterocycles. The Bertz CT molecular complexity index is 580. The molecule has 0 fully saturated rings. The topological polar surface area (TPSA) is 87.1 Å². The molecule has 0 bridgehead atoms. The van der Waals surface area contributed by atoms with Gasteiger partial charge in [0.15, 0.2) is 5.58 Å². The van der Waals surface area contributed by atoms with Crippen molar-refractivity contribution in [2.75, 3.05) is 0 Å². The molecule has 80 valence electrons. The Hall–Kier alpha value is -2.35. The molecule has 0 aliphatic heterocycles. The molecule has 2 aromatic rings. The van der Waals surface area contributed by atoms with Crippen molar-refractivity contribution in [3.8, 4) is 6.07 Å². The number of aliphatic carboxylic acids is 1. The number of aromatic nitrogens is 1. The number of nitriles is 1. The van der Waals surface area contributed by atoms with Gasteiger partial charge in [-0.2, -0.15) is 5.26 Å². The van der Waals surface area contributed by atoms with Crippen molar-refractivity contribution in [1.29, 1.82) is 5.26 Å². The Morgan fingerprint density at radius 1 is 1.56 bits per heavy atom. The number of hydrogen-bond acceptors (Lipinski definition) is 4. The number of hydrogen-bond donors (Lipinski definition) is 1. The third-order valence-corrected chi connectivity index (χ3v) is 2.12. The molecule has 0 radical (unpaired) electrons. The molecule has 5 nitrogen and oxygen atoms in total. The van der Waals surface area contributed by atoms with E-state index in [-0.39, 0.29) is 12.8 Å². The summed E-state index contributed by atoms with van der Waals surface area (Å²) in [6, 6.07) is 7.04. The lowest BCUT2D eigenvalue weighted by Crippen LogP contribution is -2.00. The Balaban J connectivity index is 2.50. The molecule has 1 N–H and O–H groups in total. The second-order valence-electron chi connectivity index (χ2n) is 3.28. The van der Waals surface area contributed by atoms with Crippen molar-refractivity contribution >= 4 is 17.1 Å². The van der Waals surface area contributed by atoms with Crippen molar-refractivity contribution in [2.24, 2.45) is 0 Å². The smallest absolute Gasteiger partial charge is 0.307 e. The van der Waals surface area contributed by atoms with Gasteiger partial charge in [0.25, 0.3) is 0 Å². The van der Waals surface area contributed by atoms with Gasteiger partial charge < -0.3 is 9.52 Å². The minimum Gasteiger partial charge on any atom is -0.481 e. The molecule has 5 heteroatoms. The molecule has 1 aromatic carbocycles. The highest BCUT2D eigenvalue weighted by atomic mass is 16.4. The number of carboxylic acid groups (broad SMARTS) is 1. The highest BCUT2D eigenvalue weighted by molar-refractivity contribution is 5.82. The molecule has 0 amide bonds. The normalized spacial score (nSPS) is 10.2. The quantitative estimate of drug-likeness (QED) is 0.840. The van der Waals surface area contributed by atoms with E-state index in [9.17, 15) is 4.79 Å². The van der Waals surface area contributed by atoms with Crippen LogP contribution in [0.4, 0.5) is 0 Å². The predicted octanol–water partition coefficient (Wildman–Crippen LogP) is 1.52. The summed E-state index contributed by atoms with van der Waals surface area (Å²) in [5.74, 6) is -0.604. The maximum Gasteiger partial charge on any atom is 0.307 e. The van der Waals surface area contributed by atoms with Crippen LogP contribution in [0.5, 0.6) is 0 Å². The monoisotopic (exact) mass is 216 g/mol. The fourth-order valence-electron chi connectivity index (χ4n) is 1.50. The van der Waals surface area contributed by atoms with Gasteiger partial charge in [-0.05, 0) is 11.6 Å². The Kier molecular flexibility index (Phi) is 2.56. The van der Waals surface area contributed by atoms with E-state index < -0.39 is 5.97 Å². The average molecular weight is 216 g/mol. The lowest BCUT2D eigenvalue weighted by molar-refractivity contribution is -0.136. The van der Waals surface area contributed by atoms with Crippen molar-refractivity contribution < 1.29 is 14.3 Å². The van der Waals surface area contributed by atoms with Gasteiger partial charge in [-0.3, -0.25) is 4.79 Å². The molecule has 0 spiro atoms. The molecule has 0 aliphatic rings. The van der Waals surface area contributed by atoms with E-state index in [0.717, 1.165) is 0 Å². The lowest BCUT2D eigenvalue weighted by atomic mass is 10.1. The van der Waals surface area contributed by atoms with Crippen LogP contribution in [0.3, 0.4) is 0 Å². The molecule has 16 heavy (non-hydrogen) atoms. The van der Waals surface area contributed by atoms with E-state index in [1.807, 2.05) is 6.07 Å². The lowest BCUT2D eigenvalue weighted by Gasteiger charge is -1.95. The van der Waals surface area contributed by atoms with Gasteiger partial charge >= 0.3 is 5.97 Å². The fourth-order valence-corrected chi connectivity index (χ4v) is 1.50. The van der Waals surface area contributed by atoms with Crippen LogP contribution in [-0.4, -0.2) is 16.1 Å². The Morgan fingerprint density at radius 3 is 3.06 bits per heavy atom. The molecule has 0 atom stereocenters. The second kappa shape index (κ2) is 4.03. The summed E-state index contributed by atoms with van der Waals surface area (Å²) in [5.41, 5.74) is 1.64. The molecule has 2 rings (SSSR count). The number of oxazole rings is 1. The van der Waals surface area contributed by atoms with Gasteiger partial charge in [-0.25, -0.2) is 4.98 Å². The van der Waals surface area contributed by atoms with E-state index in [1.54, 1.807) is 18.2 Å². The highest BCUT2D eigenvalue weighted by Gasteiger charge is 2.11. The first-order valence-electron chi connectivity index (χ1n) is 4.67. The van der Waals surface area contributed by atoms with Crippen LogP contribution in [0.25, 0.3) is 11.1 Å². The van der Waals surface area contributed by atoms with Gasteiger partial charge in [0.1, 0.15) is 11.9 Å². The average Bonchev–Trinajstić information content (AvgIpc) is 2.61. The molecule has 1 aromatic heterocycles. The standard InChI is InChI=1S/C11H8N2O3/c12-5-4-9-13-11-7(6-10(14)15)2-1-3-8(11)16-9/h1-3H,4,6H2,(H,14,15). The number of carbonyl (C=O) groups is 1. The van der Waals surface area contributed by atoms with Gasteiger partial charge in [-0.1, -0.05) is 12.1 Å². The first kappa shape index (κ1) is 10.2. The number of rotatable bonds is 3. The van der Waals surface area contributed by atoms with Crippen LogP contribution in [0, 0.1) is 11.3 Å². The Morgan fingerprint density at radius 2 is 2.38 bits per heavy atom. The van der Waals surface area contributed by atoms with Crippen LogP contribution < -0.4 is 0 Å². The molecule has 0 saturated carbocycles. The van der Waals surface area contributed by atoms with Crippen LogP contribution in [0.2, 0.25) is 0 Å². The third kappa shape index (κ3) is 1.86. The largest absolute Gasteiger partial charge is 0.481 e. The first-order chi connectivity index (χ1) is 7.70. The van der Waals surface area contributed by atoms with Crippen LogP contribution in [0.1, 0.15) is 11.5 Å². The molecule has 0 unspecified atom stereocenters. The molecular formula is C11H8N2O3. The SMILES string of the molecule is N#CCc1nc2c(CC(=O)O)cccc2o1. The molecule has 0 saturated heterocycles. The summed E-state index contributed by atoms with van der Waals surface area (Å²) in [6.07, 6.45) is -0.0168. The molecule has 0 aliphatic carbocycles. The number of fused-ring (bicyclic) bond motifs is 1.